The van der Waals surface area contributed by atoms with E-state index in [2.05, 4.69) is 15.9 Å². The summed E-state index contributed by atoms with van der Waals surface area (Å²) in [5, 5.41) is 0. The second-order valence-corrected chi connectivity index (χ2v) is 11.5. The molecular weight excluding hydrogens is 606 g/mol. The summed E-state index contributed by atoms with van der Waals surface area (Å²) >= 11 is 4.92. The average molecular weight is 633 g/mol. The Bertz CT molecular complexity index is 1880. The van der Waals surface area contributed by atoms with E-state index in [9.17, 15) is 9.59 Å². The Morgan fingerprint density at radius 1 is 1.12 bits per heavy atom. The number of halogens is 1. The number of aromatic nitrogens is 1. The fraction of sp³-hybridized carbons (Fsp3) is 0.194. The maximum atomic E-state index is 14.1. The molecule has 2 aliphatic rings. The van der Waals surface area contributed by atoms with E-state index in [1.165, 1.54) is 11.3 Å². The number of hydrogen-bond donors (Lipinski definition) is 0. The lowest BCUT2D eigenvalue weighted by molar-refractivity contribution is -0.138. The molecule has 0 amide bonds. The van der Waals surface area contributed by atoms with E-state index < -0.39 is 12.0 Å². The lowest BCUT2D eigenvalue weighted by atomic mass is 9.93. The summed E-state index contributed by atoms with van der Waals surface area (Å²) in [6.07, 6.45) is 1.85. The van der Waals surface area contributed by atoms with Gasteiger partial charge in [-0.2, -0.15) is 0 Å². The van der Waals surface area contributed by atoms with Crippen LogP contribution in [0.4, 0.5) is 5.69 Å². The summed E-state index contributed by atoms with van der Waals surface area (Å²) in [5.74, 6) is 0.630. The van der Waals surface area contributed by atoms with Gasteiger partial charge in [0.1, 0.15) is 0 Å². The van der Waals surface area contributed by atoms with Crippen LogP contribution in [-0.4, -0.2) is 38.0 Å². The Labute approximate surface area is 248 Å². The lowest BCUT2D eigenvalue weighted by Gasteiger charge is -2.26. The normalized spacial score (nSPS) is 15.9. The van der Waals surface area contributed by atoms with Gasteiger partial charge in [0.15, 0.2) is 16.3 Å². The fourth-order valence-corrected chi connectivity index (χ4v) is 6.72. The van der Waals surface area contributed by atoms with Gasteiger partial charge < -0.3 is 19.1 Å². The Morgan fingerprint density at radius 2 is 1.90 bits per heavy atom. The predicted octanol–water partition coefficient (Wildman–Crippen LogP) is 4.49. The zero-order chi connectivity index (χ0) is 28.7. The number of hydrogen-bond acceptors (Lipinski definition) is 8. The van der Waals surface area contributed by atoms with Gasteiger partial charge in [0, 0.05) is 24.1 Å². The SMILES string of the molecule is CCOC(=O)C1=C(c2ccccc2)N=c2sc(=Cc3ccc(N(C)C)c(Br)c3)c(=O)n2[C@@H]1c1ccc2c(c1)OCO2. The van der Waals surface area contributed by atoms with E-state index in [4.69, 9.17) is 19.2 Å². The molecule has 0 unspecified atom stereocenters. The van der Waals surface area contributed by atoms with E-state index in [0.717, 1.165) is 21.3 Å². The minimum absolute atomic E-state index is 0.111. The molecule has 208 valence electrons. The Morgan fingerprint density at radius 3 is 2.63 bits per heavy atom. The van der Waals surface area contributed by atoms with Crippen molar-refractivity contribution < 1.29 is 19.0 Å². The highest BCUT2D eigenvalue weighted by Crippen LogP contribution is 2.40. The summed E-state index contributed by atoms with van der Waals surface area (Å²) in [5.41, 5.74) is 3.83. The van der Waals surface area contributed by atoms with Crippen molar-refractivity contribution in [3.8, 4) is 11.5 Å². The molecular formula is C31H26BrN3O5S. The number of nitrogens with zero attached hydrogens (tertiary/aromatic N) is 3. The minimum Gasteiger partial charge on any atom is -0.463 e. The van der Waals surface area contributed by atoms with Crippen LogP contribution in [0.2, 0.25) is 0 Å². The van der Waals surface area contributed by atoms with Crippen molar-refractivity contribution in [3.63, 3.8) is 0 Å². The third kappa shape index (κ3) is 4.98. The molecule has 1 aromatic heterocycles. The summed E-state index contributed by atoms with van der Waals surface area (Å²) in [4.78, 5) is 35.1. The average Bonchev–Trinajstić information content (AvgIpc) is 3.56. The third-order valence-electron chi connectivity index (χ3n) is 6.84. The van der Waals surface area contributed by atoms with Crippen LogP contribution >= 0.6 is 27.3 Å². The number of thiazole rings is 1. The summed E-state index contributed by atoms with van der Waals surface area (Å²) in [6, 6.07) is 20.1. The first-order valence-corrected chi connectivity index (χ1v) is 14.6. The van der Waals surface area contributed by atoms with Gasteiger partial charge in [-0.25, -0.2) is 9.79 Å². The predicted molar refractivity (Wildman–Crippen MR) is 162 cm³/mol. The number of carbonyl (C=O) groups excluding carboxylic acids is 1. The summed E-state index contributed by atoms with van der Waals surface area (Å²) in [7, 11) is 3.94. The maximum absolute atomic E-state index is 14.1. The molecule has 8 nitrogen and oxygen atoms in total. The number of anilines is 1. The van der Waals surface area contributed by atoms with Crippen molar-refractivity contribution in [2.75, 3.05) is 32.4 Å². The van der Waals surface area contributed by atoms with E-state index in [0.29, 0.717) is 32.1 Å². The zero-order valence-electron chi connectivity index (χ0n) is 22.6. The van der Waals surface area contributed by atoms with Crippen molar-refractivity contribution in [2.45, 2.75) is 13.0 Å². The zero-order valence-corrected chi connectivity index (χ0v) is 25.0. The van der Waals surface area contributed by atoms with Gasteiger partial charge in [-0.1, -0.05) is 53.8 Å². The van der Waals surface area contributed by atoms with Crippen molar-refractivity contribution >= 4 is 50.7 Å². The standard InChI is InChI=1S/C31H26BrN3O5S/c1-4-38-30(37)26-27(19-8-6-5-7-9-19)33-31-35(28(26)20-11-13-23-24(16-20)40-17-39-23)29(36)25(41-31)15-18-10-12-22(34(2)3)21(32)14-18/h5-16,28H,4,17H2,1-3H3/t28-/m1/s1. The van der Waals surface area contributed by atoms with E-state index in [1.54, 1.807) is 17.6 Å². The highest BCUT2D eigenvalue weighted by Gasteiger charge is 2.36. The lowest BCUT2D eigenvalue weighted by Crippen LogP contribution is -2.40. The molecule has 41 heavy (non-hydrogen) atoms. The first-order chi connectivity index (χ1) is 19.9. The molecule has 10 heteroatoms. The molecule has 3 heterocycles. The van der Waals surface area contributed by atoms with E-state index in [-0.39, 0.29) is 24.5 Å². The van der Waals surface area contributed by atoms with Gasteiger partial charge >= 0.3 is 5.97 Å². The monoisotopic (exact) mass is 631 g/mol. The van der Waals surface area contributed by atoms with Crippen molar-refractivity contribution in [3.05, 3.63) is 113 Å². The van der Waals surface area contributed by atoms with Gasteiger partial charge in [-0.05, 0) is 64.3 Å². The molecule has 0 fully saturated rings. The highest BCUT2D eigenvalue weighted by atomic mass is 79.9. The molecule has 0 bridgehead atoms. The van der Waals surface area contributed by atoms with Gasteiger partial charge in [0.2, 0.25) is 6.79 Å². The molecule has 0 radical (unpaired) electrons. The van der Waals surface area contributed by atoms with Crippen molar-refractivity contribution in [1.82, 2.24) is 4.57 Å². The van der Waals surface area contributed by atoms with Crippen molar-refractivity contribution in [1.29, 1.82) is 0 Å². The molecule has 1 atom stereocenters. The molecule has 2 aliphatic heterocycles. The topological polar surface area (TPSA) is 82.4 Å². The van der Waals surface area contributed by atoms with Gasteiger partial charge in [0.25, 0.3) is 5.56 Å². The quantitative estimate of drug-likeness (QED) is 0.292. The molecule has 0 aliphatic carbocycles. The van der Waals surface area contributed by atoms with Crippen LogP contribution in [0.3, 0.4) is 0 Å². The molecule has 0 saturated heterocycles. The van der Waals surface area contributed by atoms with Crippen LogP contribution in [0.5, 0.6) is 11.5 Å². The highest BCUT2D eigenvalue weighted by molar-refractivity contribution is 9.10. The molecule has 0 saturated carbocycles. The van der Waals surface area contributed by atoms with Crippen LogP contribution in [0.25, 0.3) is 11.8 Å². The number of rotatable bonds is 6. The van der Waals surface area contributed by atoms with Gasteiger partial charge in [0.05, 0.1) is 34.1 Å². The molecule has 4 aromatic rings. The van der Waals surface area contributed by atoms with Gasteiger partial charge in [-0.15, -0.1) is 0 Å². The minimum atomic E-state index is -0.792. The molecule has 6 rings (SSSR count). The van der Waals surface area contributed by atoms with Crippen LogP contribution < -0.4 is 29.3 Å². The number of benzene rings is 3. The van der Waals surface area contributed by atoms with E-state index in [1.807, 2.05) is 85.7 Å². The Kier molecular flexibility index (Phi) is 7.27. The Hall–Kier alpha value is -4.15. The number of esters is 1. The first-order valence-electron chi connectivity index (χ1n) is 13.0. The smallest absolute Gasteiger partial charge is 0.338 e. The molecule has 0 spiro atoms. The first kappa shape index (κ1) is 27.0. The summed E-state index contributed by atoms with van der Waals surface area (Å²) < 4.78 is 19.7. The third-order valence-corrected chi connectivity index (χ3v) is 8.46. The van der Waals surface area contributed by atoms with Crippen LogP contribution in [0.1, 0.15) is 29.7 Å². The second-order valence-electron chi connectivity index (χ2n) is 9.65. The van der Waals surface area contributed by atoms with Gasteiger partial charge in [-0.3, -0.25) is 9.36 Å². The van der Waals surface area contributed by atoms with Crippen molar-refractivity contribution in [2.24, 2.45) is 4.99 Å². The second kappa shape index (κ2) is 11.0. The number of ether oxygens (including phenoxy) is 3. The van der Waals surface area contributed by atoms with Crippen LogP contribution in [0, 0.1) is 0 Å². The Balaban J connectivity index is 1.61. The van der Waals surface area contributed by atoms with Crippen LogP contribution in [0.15, 0.2) is 86.6 Å². The largest absolute Gasteiger partial charge is 0.463 e. The number of fused-ring (bicyclic) bond motifs is 2. The molecule has 0 N–H and O–H groups in total. The maximum Gasteiger partial charge on any atom is 0.338 e. The molecule has 3 aromatic carbocycles. The van der Waals surface area contributed by atoms with E-state index >= 15 is 0 Å². The van der Waals surface area contributed by atoms with Crippen LogP contribution in [-0.2, 0) is 9.53 Å². The fourth-order valence-electron chi connectivity index (χ4n) is 4.97. The summed E-state index contributed by atoms with van der Waals surface area (Å²) in [6.45, 7) is 2.05. The number of carbonyl (C=O) groups is 1.